The minimum atomic E-state index is 1.09. The third-order valence-corrected chi connectivity index (χ3v) is 2.23. The molecule has 0 bridgehead atoms. The van der Waals surface area contributed by atoms with Gasteiger partial charge in [-0.15, -0.1) is 11.8 Å². The van der Waals surface area contributed by atoms with Crippen LogP contribution in [0.2, 0.25) is 0 Å². The maximum absolute atomic E-state index is 3.20. The lowest BCUT2D eigenvalue weighted by atomic mass is 10.2. The molecule has 0 amide bonds. The molecule has 0 aromatic heterocycles. The Bertz CT molecular complexity index is 119. The van der Waals surface area contributed by atoms with Crippen molar-refractivity contribution in [3.8, 4) is 11.8 Å². The molecule has 0 heterocycles. The van der Waals surface area contributed by atoms with E-state index in [1.165, 1.54) is 30.1 Å². The molecule has 0 unspecified atom stereocenters. The fraction of sp³-hybridized carbons (Fsp3) is 0.800. The van der Waals surface area contributed by atoms with Crippen molar-refractivity contribution >= 4 is 22.6 Å². The third-order valence-electron chi connectivity index (χ3n) is 1.47. The second kappa shape index (κ2) is 10.3. The number of hydrogen-bond acceptors (Lipinski definition) is 0. The average molecular weight is 264 g/mol. The molecule has 0 aromatic carbocycles. The predicted octanol–water partition coefficient (Wildman–Crippen LogP) is 3.79. The Morgan fingerprint density at radius 2 is 1.64 bits per heavy atom. The Morgan fingerprint density at radius 3 is 2.18 bits per heavy atom. The van der Waals surface area contributed by atoms with Crippen molar-refractivity contribution in [1.82, 2.24) is 0 Å². The molecule has 0 aliphatic carbocycles. The van der Waals surface area contributed by atoms with Gasteiger partial charge in [0.2, 0.25) is 0 Å². The first kappa shape index (κ1) is 11.3. The van der Waals surface area contributed by atoms with Gasteiger partial charge in [-0.05, 0) is 12.8 Å². The van der Waals surface area contributed by atoms with Crippen LogP contribution >= 0.6 is 22.6 Å². The van der Waals surface area contributed by atoms with E-state index >= 15 is 0 Å². The van der Waals surface area contributed by atoms with Crippen LogP contribution in [0, 0.1) is 11.8 Å². The number of hydrogen-bond donors (Lipinski definition) is 0. The van der Waals surface area contributed by atoms with Crippen LogP contribution < -0.4 is 0 Å². The smallest absolute Gasteiger partial charge is 0.00959 e. The topological polar surface area (TPSA) is 0 Å². The van der Waals surface area contributed by atoms with Gasteiger partial charge in [-0.25, -0.2) is 0 Å². The van der Waals surface area contributed by atoms with E-state index in [0.717, 1.165) is 12.8 Å². The van der Waals surface area contributed by atoms with Crippen molar-refractivity contribution in [3.63, 3.8) is 0 Å². The van der Waals surface area contributed by atoms with Crippen molar-refractivity contribution < 1.29 is 0 Å². The van der Waals surface area contributed by atoms with E-state index in [2.05, 4.69) is 41.4 Å². The summed E-state index contributed by atoms with van der Waals surface area (Å²) in [6.45, 7) is 2.23. The molecule has 0 radical (unpaired) electrons. The molecule has 0 N–H and O–H groups in total. The Morgan fingerprint density at radius 1 is 1.00 bits per heavy atom. The average Bonchev–Trinajstić information content (AvgIpc) is 2.03. The molecule has 64 valence electrons. The maximum Gasteiger partial charge on any atom is 0.00959 e. The SMILES string of the molecule is CCCCCC#CCCCI. The van der Waals surface area contributed by atoms with Crippen LogP contribution in [-0.4, -0.2) is 4.43 Å². The van der Waals surface area contributed by atoms with Gasteiger partial charge in [0, 0.05) is 17.3 Å². The maximum atomic E-state index is 3.20. The van der Waals surface area contributed by atoms with E-state index in [4.69, 9.17) is 0 Å². The van der Waals surface area contributed by atoms with E-state index in [1.54, 1.807) is 0 Å². The van der Waals surface area contributed by atoms with Crippen LogP contribution in [0.4, 0.5) is 0 Å². The molecule has 0 aliphatic rings. The minimum Gasteiger partial charge on any atom is -0.103 e. The van der Waals surface area contributed by atoms with Gasteiger partial charge in [-0.1, -0.05) is 42.4 Å². The summed E-state index contributed by atoms with van der Waals surface area (Å²) in [5.41, 5.74) is 0. The number of halogens is 1. The molecule has 0 spiro atoms. The summed E-state index contributed by atoms with van der Waals surface area (Å²) in [7, 11) is 0. The molecule has 11 heavy (non-hydrogen) atoms. The Balaban J connectivity index is 2.99. The molecular formula is C10H17I. The summed E-state index contributed by atoms with van der Waals surface area (Å²) < 4.78 is 1.24. The second-order valence-corrected chi connectivity index (χ2v) is 3.68. The van der Waals surface area contributed by atoms with Crippen LogP contribution in [0.5, 0.6) is 0 Å². The lowest BCUT2D eigenvalue weighted by Crippen LogP contribution is -1.73. The molecule has 0 nitrogen and oxygen atoms in total. The normalized spacial score (nSPS) is 8.91. The Kier molecular flexibility index (Phi) is 10.6. The summed E-state index contributed by atoms with van der Waals surface area (Å²) >= 11 is 2.39. The molecule has 0 saturated heterocycles. The second-order valence-electron chi connectivity index (χ2n) is 2.60. The summed E-state index contributed by atoms with van der Waals surface area (Å²) in [6, 6.07) is 0. The van der Waals surface area contributed by atoms with Gasteiger partial charge >= 0.3 is 0 Å². The standard InChI is InChI=1S/C10H17I/c1-2-3-4-5-6-7-8-9-10-11/h2-5,8-10H2,1H3. The van der Waals surface area contributed by atoms with E-state index in [1.807, 2.05) is 0 Å². The zero-order valence-electron chi connectivity index (χ0n) is 7.33. The van der Waals surface area contributed by atoms with E-state index in [0.29, 0.717) is 0 Å². The van der Waals surface area contributed by atoms with Gasteiger partial charge in [0.1, 0.15) is 0 Å². The van der Waals surface area contributed by atoms with Crippen molar-refractivity contribution in [3.05, 3.63) is 0 Å². The largest absolute Gasteiger partial charge is 0.103 e. The first-order valence-corrected chi connectivity index (χ1v) is 5.96. The van der Waals surface area contributed by atoms with Gasteiger partial charge in [-0.2, -0.15) is 0 Å². The van der Waals surface area contributed by atoms with Gasteiger partial charge < -0.3 is 0 Å². The lowest BCUT2D eigenvalue weighted by Gasteiger charge is -1.88. The van der Waals surface area contributed by atoms with Crippen molar-refractivity contribution in [2.75, 3.05) is 4.43 Å². The number of unbranched alkanes of at least 4 members (excludes halogenated alkanes) is 4. The number of alkyl halides is 1. The molecular weight excluding hydrogens is 247 g/mol. The van der Waals surface area contributed by atoms with Gasteiger partial charge in [-0.3, -0.25) is 0 Å². The number of rotatable bonds is 5. The minimum absolute atomic E-state index is 1.09. The highest BCUT2D eigenvalue weighted by Crippen LogP contribution is 1.97. The monoisotopic (exact) mass is 264 g/mol. The van der Waals surface area contributed by atoms with Crippen LogP contribution in [0.15, 0.2) is 0 Å². The highest BCUT2D eigenvalue weighted by atomic mass is 127. The Labute approximate surface area is 84.3 Å². The van der Waals surface area contributed by atoms with Crippen molar-refractivity contribution in [2.45, 2.75) is 45.4 Å². The molecule has 1 heteroatoms. The highest BCUT2D eigenvalue weighted by molar-refractivity contribution is 14.1. The molecule has 0 saturated carbocycles. The van der Waals surface area contributed by atoms with Gasteiger partial charge in [0.25, 0.3) is 0 Å². The van der Waals surface area contributed by atoms with Gasteiger partial charge in [0.15, 0.2) is 0 Å². The Hall–Kier alpha value is 0.290. The zero-order valence-corrected chi connectivity index (χ0v) is 9.49. The molecule has 0 aliphatic heterocycles. The highest BCUT2D eigenvalue weighted by Gasteiger charge is 1.80. The molecule has 0 fully saturated rings. The molecule has 0 atom stereocenters. The summed E-state index contributed by atoms with van der Waals surface area (Å²) in [5.74, 6) is 6.39. The van der Waals surface area contributed by atoms with E-state index in [9.17, 15) is 0 Å². The summed E-state index contributed by atoms with van der Waals surface area (Å²) in [5, 5.41) is 0. The summed E-state index contributed by atoms with van der Waals surface area (Å²) in [6.07, 6.45) is 7.37. The van der Waals surface area contributed by atoms with E-state index in [-0.39, 0.29) is 0 Å². The van der Waals surface area contributed by atoms with Crippen molar-refractivity contribution in [2.24, 2.45) is 0 Å². The summed E-state index contributed by atoms with van der Waals surface area (Å²) in [4.78, 5) is 0. The molecule has 0 aromatic rings. The predicted molar refractivity (Wildman–Crippen MR) is 60.0 cm³/mol. The third kappa shape index (κ3) is 10.3. The fourth-order valence-electron chi connectivity index (χ4n) is 0.795. The van der Waals surface area contributed by atoms with Crippen LogP contribution in [-0.2, 0) is 0 Å². The fourth-order valence-corrected chi connectivity index (χ4v) is 1.18. The van der Waals surface area contributed by atoms with Crippen LogP contribution in [0.25, 0.3) is 0 Å². The lowest BCUT2D eigenvalue weighted by molar-refractivity contribution is 0.737. The first-order chi connectivity index (χ1) is 5.41. The zero-order chi connectivity index (χ0) is 8.36. The molecule has 0 rings (SSSR count). The van der Waals surface area contributed by atoms with Gasteiger partial charge in [0.05, 0.1) is 0 Å². The quantitative estimate of drug-likeness (QED) is 0.307. The van der Waals surface area contributed by atoms with Crippen LogP contribution in [0.3, 0.4) is 0 Å². The first-order valence-electron chi connectivity index (χ1n) is 4.43. The van der Waals surface area contributed by atoms with Crippen molar-refractivity contribution in [1.29, 1.82) is 0 Å². The van der Waals surface area contributed by atoms with E-state index < -0.39 is 0 Å². The van der Waals surface area contributed by atoms with Crippen LogP contribution in [0.1, 0.15) is 45.4 Å².